The van der Waals surface area contributed by atoms with E-state index in [9.17, 15) is 4.79 Å². The number of carbonyl (C=O) groups is 1. The van der Waals surface area contributed by atoms with Gasteiger partial charge in [-0.1, -0.05) is 0 Å². The van der Waals surface area contributed by atoms with Crippen LogP contribution in [0.5, 0.6) is 5.75 Å². The lowest BCUT2D eigenvalue weighted by molar-refractivity contribution is -0.0798. The average Bonchev–Trinajstić information content (AvgIpc) is 2.49. The number of carboxylic acids is 1. The summed E-state index contributed by atoms with van der Waals surface area (Å²) in [6, 6.07) is 6.66. The first-order valence-electron chi connectivity index (χ1n) is 7.03. The summed E-state index contributed by atoms with van der Waals surface area (Å²) in [4.78, 5) is 13.0. The van der Waals surface area contributed by atoms with E-state index in [0.717, 1.165) is 6.54 Å². The van der Waals surface area contributed by atoms with Crippen molar-refractivity contribution in [3.63, 3.8) is 0 Å². The fraction of sp³-hybridized carbons (Fsp3) is 0.533. The molecule has 0 amide bonds. The standard InChI is InChI=1S/C15H21NO5/c1-11-10-21-14(9-17)8-16(11)6-7-20-13-4-2-12(3-5-13)15(18)19/h2-5,11,14,17H,6-10H2,1H3,(H,18,19). The highest BCUT2D eigenvalue weighted by atomic mass is 16.5. The first kappa shape index (κ1) is 15.8. The average molecular weight is 295 g/mol. The van der Waals surface area contributed by atoms with Gasteiger partial charge < -0.3 is 19.7 Å². The summed E-state index contributed by atoms with van der Waals surface area (Å²) in [5.41, 5.74) is 0.245. The lowest BCUT2D eigenvalue weighted by Gasteiger charge is -2.37. The number of rotatable bonds is 6. The summed E-state index contributed by atoms with van der Waals surface area (Å²) in [6.07, 6.45) is -0.129. The molecule has 1 saturated heterocycles. The van der Waals surface area contributed by atoms with Crippen molar-refractivity contribution >= 4 is 5.97 Å². The minimum atomic E-state index is -0.946. The topological polar surface area (TPSA) is 79.2 Å². The zero-order chi connectivity index (χ0) is 15.2. The van der Waals surface area contributed by atoms with Gasteiger partial charge in [-0.2, -0.15) is 0 Å². The second kappa shape index (κ2) is 7.40. The highest BCUT2D eigenvalue weighted by Crippen LogP contribution is 2.14. The summed E-state index contributed by atoms with van der Waals surface area (Å²) < 4.78 is 11.1. The van der Waals surface area contributed by atoms with Crippen LogP contribution in [0, 0.1) is 0 Å². The van der Waals surface area contributed by atoms with Gasteiger partial charge in [0.2, 0.25) is 0 Å². The largest absolute Gasteiger partial charge is 0.492 e. The van der Waals surface area contributed by atoms with Crippen LogP contribution in [-0.2, 0) is 4.74 Å². The van der Waals surface area contributed by atoms with Crippen molar-refractivity contribution in [2.45, 2.75) is 19.1 Å². The smallest absolute Gasteiger partial charge is 0.335 e. The summed E-state index contributed by atoms with van der Waals surface area (Å²) in [7, 11) is 0. The van der Waals surface area contributed by atoms with Crippen LogP contribution in [0.2, 0.25) is 0 Å². The Balaban J connectivity index is 1.79. The SMILES string of the molecule is CC1COC(CO)CN1CCOc1ccc(C(=O)O)cc1. The van der Waals surface area contributed by atoms with E-state index < -0.39 is 5.97 Å². The molecule has 21 heavy (non-hydrogen) atoms. The molecule has 0 aliphatic carbocycles. The fourth-order valence-corrected chi connectivity index (χ4v) is 2.27. The maximum atomic E-state index is 10.7. The van der Waals surface area contributed by atoms with Gasteiger partial charge in [-0.15, -0.1) is 0 Å². The summed E-state index contributed by atoms with van der Waals surface area (Å²) in [5, 5.41) is 18.0. The number of carboxylic acid groups (broad SMARTS) is 1. The van der Waals surface area contributed by atoms with E-state index in [1.807, 2.05) is 0 Å². The molecule has 2 unspecified atom stereocenters. The molecular weight excluding hydrogens is 274 g/mol. The molecule has 0 saturated carbocycles. The van der Waals surface area contributed by atoms with Crippen LogP contribution in [0.3, 0.4) is 0 Å². The zero-order valence-electron chi connectivity index (χ0n) is 12.1. The molecule has 2 rings (SSSR count). The molecular formula is C15H21NO5. The number of benzene rings is 1. The number of hydrogen-bond acceptors (Lipinski definition) is 5. The molecule has 1 aromatic rings. The molecule has 1 aromatic carbocycles. The first-order valence-corrected chi connectivity index (χ1v) is 7.03. The molecule has 6 heteroatoms. The van der Waals surface area contributed by atoms with Gasteiger partial charge in [0.1, 0.15) is 12.4 Å². The maximum absolute atomic E-state index is 10.7. The number of morpholine rings is 1. The second-order valence-electron chi connectivity index (χ2n) is 5.16. The molecule has 2 atom stereocenters. The Hall–Kier alpha value is -1.63. The van der Waals surface area contributed by atoms with Crippen LogP contribution in [0.4, 0.5) is 0 Å². The van der Waals surface area contributed by atoms with Crippen LogP contribution in [-0.4, -0.2) is 66.1 Å². The van der Waals surface area contributed by atoms with E-state index in [1.54, 1.807) is 12.1 Å². The van der Waals surface area contributed by atoms with E-state index in [4.69, 9.17) is 19.7 Å². The van der Waals surface area contributed by atoms with Crippen LogP contribution in [0.1, 0.15) is 17.3 Å². The first-order chi connectivity index (χ1) is 10.1. The molecule has 1 fully saturated rings. The van der Waals surface area contributed by atoms with Crippen molar-refractivity contribution in [1.29, 1.82) is 0 Å². The highest BCUT2D eigenvalue weighted by molar-refractivity contribution is 5.87. The third-order valence-corrected chi connectivity index (χ3v) is 3.59. The minimum absolute atomic E-state index is 0.0285. The monoisotopic (exact) mass is 295 g/mol. The normalized spacial score (nSPS) is 23.0. The Bertz CT molecular complexity index is 462. The Labute approximate surface area is 123 Å². The Morgan fingerprint density at radius 2 is 2.14 bits per heavy atom. The van der Waals surface area contributed by atoms with Crippen molar-refractivity contribution in [2.24, 2.45) is 0 Å². The molecule has 6 nitrogen and oxygen atoms in total. The third kappa shape index (κ3) is 4.42. The number of aliphatic hydroxyl groups excluding tert-OH is 1. The van der Waals surface area contributed by atoms with Crippen LogP contribution < -0.4 is 4.74 Å². The van der Waals surface area contributed by atoms with E-state index in [0.29, 0.717) is 31.5 Å². The molecule has 0 spiro atoms. The van der Waals surface area contributed by atoms with Gasteiger partial charge >= 0.3 is 5.97 Å². The van der Waals surface area contributed by atoms with Gasteiger partial charge in [0.05, 0.1) is 24.9 Å². The molecule has 116 valence electrons. The van der Waals surface area contributed by atoms with Crippen molar-refractivity contribution < 1.29 is 24.5 Å². The van der Waals surface area contributed by atoms with Crippen molar-refractivity contribution in [3.05, 3.63) is 29.8 Å². The fourth-order valence-electron chi connectivity index (χ4n) is 2.27. The van der Waals surface area contributed by atoms with Gasteiger partial charge in [0.25, 0.3) is 0 Å². The Morgan fingerprint density at radius 3 is 2.76 bits per heavy atom. The predicted molar refractivity (Wildman–Crippen MR) is 76.8 cm³/mol. The van der Waals surface area contributed by atoms with Crippen LogP contribution >= 0.6 is 0 Å². The summed E-state index contributed by atoms with van der Waals surface area (Å²) >= 11 is 0. The molecule has 0 radical (unpaired) electrons. The van der Waals surface area contributed by atoms with Gasteiger partial charge in [-0.25, -0.2) is 4.79 Å². The van der Waals surface area contributed by atoms with Crippen molar-refractivity contribution in [1.82, 2.24) is 4.90 Å². The van der Waals surface area contributed by atoms with Gasteiger partial charge in [0, 0.05) is 19.1 Å². The number of nitrogens with zero attached hydrogens (tertiary/aromatic N) is 1. The predicted octanol–water partition coefficient (Wildman–Crippen LogP) is 0.845. The van der Waals surface area contributed by atoms with Gasteiger partial charge in [-0.05, 0) is 31.2 Å². The van der Waals surface area contributed by atoms with Crippen molar-refractivity contribution in [2.75, 3.05) is 32.9 Å². The van der Waals surface area contributed by atoms with Crippen LogP contribution in [0.25, 0.3) is 0 Å². The molecule has 0 aromatic heterocycles. The lowest BCUT2D eigenvalue weighted by atomic mass is 10.2. The number of aromatic carboxylic acids is 1. The van der Waals surface area contributed by atoms with E-state index in [1.165, 1.54) is 12.1 Å². The maximum Gasteiger partial charge on any atom is 0.335 e. The molecule has 1 aliphatic rings. The van der Waals surface area contributed by atoms with Gasteiger partial charge in [0.15, 0.2) is 0 Å². The Kier molecular flexibility index (Phi) is 5.55. The second-order valence-corrected chi connectivity index (χ2v) is 5.16. The summed E-state index contributed by atoms with van der Waals surface area (Å²) in [6.45, 7) is 4.66. The Morgan fingerprint density at radius 1 is 1.43 bits per heavy atom. The lowest BCUT2D eigenvalue weighted by Crippen LogP contribution is -2.50. The number of hydrogen-bond donors (Lipinski definition) is 2. The van der Waals surface area contributed by atoms with E-state index >= 15 is 0 Å². The molecule has 2 N–H and O–H groups in total. The van der Waals surface area contributed by atoms with Crippen LogP contribution in [0.15, 0.2) is 24.3 Å². The summed E-state index contributed by atoms with van der Waals surface area (Å²) in [5.74, 6) is -0.293. The molecule has 1 aliphatic heterocycles. The van der Waals surface area contributed by atoms with Crippen molar-refractivity contribution in [3.8, 4) is 5.75 Å². The van der Waals surface area contributed by atoms with Gasteiger partial charge in [-0.3, -0.25) is 4.90 Å². The number of aliphatic hydroxyl groups is 1. The number of ether oxygens (including phenoxy) is 2. The van der Waals surface area contributed by atoms with E-state index in [-0.39, 0.29) is 18.3 Å². The molecule has 1 heterocycles. The third-order valence-electron chi connectivity index (χ3n) is 3.59. The quantitative estimate of drug-likeness (QED) is 0.810. The minimum Gasteiger partial charge on any atom is -0.492 e. The molecule has 0 bridgehead atoms. The zero-order valence-corrected chi connectivity index (χ0v) is 12.1. The van der Waals surface area contributed by atoms with E-state index in [2.05, 4.69) is 11.8 Å². The highest BCUT2D eigenvalue weighted by Gasteiger charge is 2.25.